The molecule has 0 N–H and O–H groups in total. The van der Waals surface area contributed by atoms with Gasteiger partial charge in [0.05, 0.1) is 11.5 Å². The fraction of sp³-hybridized carbons (Fsp3) is 0.300. The van der Waals surface area contributed by atoms with Gasteiger partial charge in [0.1, 0.15) is 18.2 Å². The Kier molecular flexibility index (Phi) is 3.18. The van der Waals surface area contributed by atoms with Gasteiger partial charge in [-0.3, -0.25) is 10.1 Å². The lowest BCUT2D eigenvalue weighted by atomic mass is 10.5. The molecule has 18 heavy (non-hydrogen) atoms. The highest BCUT2D eigenvalue weighted by Gasteiger charge is 2.11. The normalized spacial score (nSPS) is 10.3. The molecule has 0 amide bonds. The first-order valence-electron chi connectivity index (χ1n) is 5.21. The van der Waals surface area contributed by atoms with Crippen molar-refractivity contribution >= 4 is 11.6 Å². The molecule has 2 aromatic heterocycles. The first-order valence-corrected chi connectivity index (χ1v) is 5.21. The number of nitrogens with zero attached hydrogens (tertiary/aromatic N) is 6. The molecule has 2 rings (SSSR count). The number of imidazole rings is 1. The number of nitro groups is 1. The maximum absolute atomic E-state index is 10.5. The lowest BCUT2D eigenvalue weighted by Gasteiger charge is -2.15. The Morgan fingerprint density at radius 1 is 1.39 bits per heavy atom. The molecule has 0 aliphatic carbocycles. The van der Waals surface area contributed by atoms with Crippen LogP contribution in [0.4, 0.5) is 11.6 Å². The van der Waals surface area contributed by atoms with E-state index in [-0.39, 0.29) is 5.69 Å². The van der Waals surface area contributed by atoms with Gasteiger partial charge >= 0.3 is 5.69 Å². The monoisotopic (exact) mass is 248 g/mol. The van der Waals surface area contributed by atoms with Crippen molar-refractivity contribution in [3.8, 4) is 0 Å². The number of hydrogen-bond donors (Lipinski definition) is 0. The molecular formula is C10H12N6O2. The summed E-state index contributed by atoms with van der Waals surface area (Å²) in [6, 6.07) is 0. The summed E-state index contributed by atoms with van der Waals surface area (Å²) in [7, 11) is 3.70. The number of anilines is 1. The van der Waals surface area contributed by atoms with Crippen LogP contribution in [-0.4, -0.2) is 31.5 Å². The Hall–Kier alpha value is -2.51. The van der Waals surface area contributed by atoms with Crippen molar-refractivity contribution in [3.05, 3.63) is 40.7 Å². The molecular weight excluding hydrogens is 236 g/mol. The minimum atomic E-state index is -0.525. The van der Waals surface area contributed by atoms with E-state index in [4.69, 9.17) is 0 Å². The molecule has 0 aliphatic heterocycles. The lowest BCUT2D eigenvalue weighted by Crippen LogP contribution is -2.21. The minimum absolute atomic E-state index is 0.121. The van der Waals surface area contributed by atoms with Crippen LogP contribution < -0.4 is 4.90 Å². The van der Waals surface area contributed by atoms with Gasteiger partial charge in [0.25, 0.3) is 0 Å². The fourth-order valence-corrected chi connectivity index (χ4v) is 1.44. The first kappa shape index (κ1) is 12.0. The molecule has 0 atom stereocenters. The van der Waals surface area contributed by atoms with E-state index in [9.17, 15) is 10.1 Å². The van der Waals surface area contributed by atoms with E-state index in [1.54, 1.807) is 18.1 Å². The third-order valence-electron chi connectivity index (χ3n) is 2.48. The minimum Gasteiger partial charge on any atom is -0.337 e. The summed E-state index contributed by atoms with van der Waals surface area (Å²) < 4.78 is 1.89. The van der Waals surface area contributed by atoms with Crippen LogP contribution >= 0.6 is 0 Å². The standard InChI is InChI=1S/C10H12N6O2/c1-14-4-3-11-9(14)7-15(2)10-12-5-8(6-13-10)16(17)18/h3-6H,7H2,1-2H3. The van der Waals surface area contributed by atoms with Crippen LogP contribution in [0, 0.1) is 10.1 Å². The van der Waals surface area contributed by atoms with Crippen LogP contribution in [0.3, 0.4) is 0 Å². The maximum Gasteiger partial charge on any atom is 0.305 e. The van der Waals surface area contributed by atoms with Gasteiger partial charge in [-0.1, -0.05) is 0 Å². The number of aryl methyl sites for hydroxylation is 1. The van der Waals surface area contributed by atoms with Crippen molar-refractivity contribution in [1.29, 1.82) is 0 Å². The second-order valence-corrected chi connectivity index (χ2v) is 3.81. The molecule has 0 spiro atoms. The molecule has 0 aromatic carbocycles. The largest absolute Gasteiger partial charge is 0.337 e. The smallest absolute Gasteiger partial charge is 0.305 e. The van der Waals surface area contributed by atoms with Crippen molar-refractivity contribution in [3.63, 3.8) is 0 Å². The van der Waals surface area contributed by atoms with Crippen LogP contribution in [-0.2, 0) is 13.6 Å². The Labute approximate surface area is 103 Å². The van der Waals surface area contributed by atoms with E-state index in [2.05, 4.69) is 15.0 Å². The molecule has 0 bridgehead atoms. The molecule has 0 aliphatic rings. The van der Waals surface area contributed by atoms with Crippen molar-refractivity contribution in [2.24, 2.45) is 7.05 Å². The highest BCUT2D eigenvalue weighted by atomic mass is 16.6. The summed E-state index contributed by atoms with van der Waals surface area (Å²) in [4.78, 5) is 23.8. The SMILES string of the molecule is CN(Cc1nccn1C)c1ncc([N+](=O)[O-])cn1. The molecule has 0 saturated carbocycles. The van der Waals surface area contributed by atoms with Crippen molar-refractivity contribution in [1.82, 2.24) is 19.5 Å². The van der Waals surface area contributed by atoms with E-state index in [0.717, 1.165) is 5.82 Å². The van der Waals surface area contributed by atoms with Crippen molar-refractivity contribution in [2.75, 3.05) is 11.9 Å². The third-order valence-corrected chi connectivity index (χ3v) is 2.48. The van der Waals surface area contributed by atoms with Gasteiger partial charge < -0.3 is 9.47 Å². The van der Waals surface area contributed by atoms with Crippen molar-refractivity contribution in [2.45, 2.75) is 6.54 Å². The summed E-state index contributed by atoms with van der Waals surface area (Å²) in [5.74, 6) is 1.28. The van der Waals surface area contributed by atoms with Gasteiger partial charge in [-0.2, -0.15) is 0 Å². The van der Waals surface area contributed by atoms with E-state index < -0.39 is 4.92 Å². The van der Waals surface area contributed by atoms with Gasteiger partial charge in [-0.15, -0.1) is 0 Å². The molecule has 2 aromatic rings. The molecule has 0 fully saturated rings. The van der Waals surface area contributed by atoms with Crippen molar-refractivity contribution < 1.29 is 4.92 Å². The molecule has 8 heteroatoms. The number of hydrogen-bond acceptors (Lipinski definition) is 6. The molecule has 0 saturated heterocycles. The second kappa shape index (κ2) is 4.78. The van der Waals surface area contributed by atoms with Gasteiger partial charge in [-0.25, -0.2) is 15.0 Å². The van der Waals surface area contributed by atoms with Crippen LogP contribution in [0.15, 0.2) is 24.8 Å². The van der Waals surface area contributed by atoms with Gasteiger partial charge in [0, 0.05) is 26.5 Å². The second-order valence-electron chi connectivity index (χ2n) is 3.81. The topological polar surface area (TPSA) is 90.0 Å². The summed E-state index contributed by atoms with van der Waals surface area (Å²) in [6.45, 7) is 0.529. The van der Waals surface area contributed by atoms with Crippen LogP contribution in [0.5, 0.6) is 0 Å². The molecule has 2 heterocycles. The van der Waals surface area contributed by atoms with Crippen LogP contribution in [0.25, 0.3) is 0 Å². The maximum atomic E-state index is 10.5. The average molecular weight is 248 g/mol. The highest BCUT2D eigenvalue weighted by molar-refractivity contribution is 5.33. The van der Waals surface area contributed by atoms with Gasteiger partial charge in [-0.05, 0) is 0 Å². The quantitative estimate of drug-likeness (QED) is 0.586. The van der Waals surface area contributed by atoms with Crippen LogP contribution in [0.1, 0.15) is 5.82 Å². The van der Waals surface area contributed by atoms with E-state index in [0.29, 0.717) is 12.5 Å². The first-order chi connectivity index (χ1) is 8.58. The predicted molar refractivity (Wildman–Crippen MR) is 64.0 cm³/mol. The van der Waals surface area contributed by atoms with Crippen LogP contribution in [0.2, 0.25) is 0 Å². The Morgan fingerprint density at radius 3 is 2.56 bits per heavy atom. The zero-order chi connectivity index (χ0) is 13.1. The Balaban J connectivity index is 2.12. The molecule has 0 unspecified atom stereocenters. The Morgan fingerprint density at radius 2 is 2.06 bits per heavy atom. The summed E-state index contributed by atoms with van der Waals surface area (Å²) in [5.41, 5.74) is -0.121. The number of rotatable bonds is 4. The zero-order valence-electron chi connectivity index (χ0n) is 10.0. The predicted octanol–water partition coefficient (Wildman–Crippen LogP) is 0.755. The lowest BCUT2D eigenvalue weighted by molar-refractivity contribution is -0.385. The highest BCUT2D eigenvalue weighted by Crippen LogP contribution is 2.12. The molecule has 0 radical (unpaired) electrons. The summed E-state index contributed by atoms with van der Waals surface area (Å²) >= 11 is 0. The van der Waals surface area contributed by atoms with Gasteiger partial charge in [0.15, 0.2) is 0 Å². The third kappa shape index (κ3) is 2.42. The average Bonchev–Trinajstić information content (AvgIpc) is 2.75. The molecule has 8 nitrogen and oxygen atoms in total. The van der Waals surface area contributed by atoms with E-state index in [1.807, 2.05) is 17.8 Å². The summed E-state index contributed by atoms with van der Waals surface area (Å²) in [5, 5.41) is 10.5. The Bertz CT molecular complexity index is 550. The zero-order valence-corrected chi connectivity index (χ0v) is 10.0. The summed E-state index contributed by atoms with van der Waals surface area (Å²) in [6.07, 6.45) is 5.94. The number of aromatic nitrogens is 4. The molecule has 94 valence electrons. The van der Waals surface area contributed by atoms with E-state index in [1.165, 1.54) is 12.4 Å². The van der Waals surface area contributed by atoms with Gasteiger partial charge in [0.2, 0.25) is 5.95 Å². The van der Waals surface area contributed by atoms with E-state index >= 15 is 0 Å². The fourth-order valence-electron chi connectivity index (χ4n) is 1.44.